The summed E-state index contributed by atoms with van der Waals surface area (Å²) in [4.78, 5) is 19.3. The van der Waals surface area contributed by atoms with E-state index >= 15 is 0 Å². The zero-order chi connectivity index (χ0) is 18.3. The molecule has 1 saturated heterocycles. The first kappa shape index (κ1) is 16.9. The Kier molecular flexibility index (Phi) is 4.29. The van der Waals surface area contributed by atoms with Crippen molar-refractivity contribution in [2.45, 2.75) is 25.8 Å². The van der Waals surface area contributed by atoms with Crippen molar-refractivity contribution in [3.05, 3.63) is 71.5 Å². The van der Waals surface area contributed by atoms with Gasteiger partial charge >= 0.3 is 0 Å². The minimum atomic E-state index is 0.0329. The van der Waals surface area contributed by atoms with E-state index in [9.17, 15) is 4.79 Å². The van der Waals surface area contributed by atoms with E-state index in [1.807, 2.05) is 49.4 Å². The van der Waals surface area contributed by atoms with Crippen molar-refractivity contribution in [3.8, 4) is 0 Å². The molecule has 2 aromatic carbocycles. The Balaban J connectivity index is 1.73. The maximum absolute atomic E-state index is 12.7. The van der Waals surface area contributed by atoms with E-state index in [1.54, 1.807) is 4.90 Å². The number of anilines is 1. The van der Waals surface area contributed by atoms with Gasteiger partial charge in [0.15, 0.2) is 0 Å². The standard InChI is InChI=1S/C21H20ClN3O/c1-14(2)12-25-19-10-6-4-8-17(19)23-21(25)15-11-20(26)24(13-15)18-9-5-3-7-16(18)22/h3-10,15H,1,11-13H2,2H3. The second-order valence-corrected chi connectivity index (χ2v) is 7.27. The van der Waals surface area contributed by atoms with Crippen LogP contribution in [0.3, 0.4) is 0 Å². The van der Waals surface area contributed by atoms with Gasteiger partial charge in [-0.15, -0.1) is 0 Å². The fourth-order valence-corrected chi connectivity index (χ4v) is 3.86. The third-order valence-corrected chi connectivity index (χ3v) is 5.07. The Morgan fingerprint density at radius 1 is 1.23 bits per heavy atom. The Hall–Kier alpha value is -2.59. The molecular weight excluding hydrogens is 346 g/mol. The molecule has 0 aliphatic carbocycles. The highest BCUT2D eigenvalue weighted by Crippen LogP contribution is 2.36. The number of halogens is 1. The molecule has 1 unspecified atom stereocenters. The van der Waals surface area contributed by atoms with Gasteiger partial charge in [-0.25, -0.2) is 4.98 Å². The molecule has 5 heteroatoms. The molecule has 1 aliphatic heterocycles. The zero-order valence-corrected chi connectivity index (χ0v) is 15.4. The number of hydrogen-bond donors (Lipinski definition) is 0. The quantitative estimate of drug-likeness (QED) is 0.623. The van der Waals surface area contributed by atoms with E-state index < -0.39 is 0 Å². The summed E-state index contributed by atoms with van der Waals surface area (Å²) in [6.07, 6.45) is 0.435. The normalized spacial score (nSPS) is 17.2. The fourth-order valence-electron chi connectivity index (χ4n) is 3.63. The lowest BCUT2D eigenvalue weighted by atomic mass is 10.1. The molecule has 0 bridgehead atoms. The maximum atomic E-state index is 12.7. The van der Waals surface area contributed by atoms with Crippen molar-refractivity contribution >= 4 is 34.2 Å². The minimum absolute atomic E-state index is 0.0329. The third kappa shape index (κ3) is 2.90. The molecule has 0 spiro atoms. The van der Waals surface area contributed by atoms with E-state index in [0.29, 0.717) is 24.5 Å². The number of imidazole rings is 1. The van der Waals surface area contributed by atoms with Gasteiger partial charge in [-0.05, 0) is 31.2 Å². The van der Waals surface area contributed by atoms with Gasteiger partial charge in [0.1, 0.15) is 5.82 Å². The van der Waals surface area contributed by atoms with Crippen molar-refractivity contribution in [2.24, 2.45) is 0 Å². The first-order valence-electron chi connectivity index (χ1n) is 8.69. The average molecular weight is 366 g/mol. The van der Waals surface area contributed by atoms with Crippen LogP contribution in [0.15, 0.2) is 60.7 Å². The second-order valence-electron chi connectivity index (χ2n) is 6.86. The van der Waals surface area contributed by atoms with Gasteiger partial charge in [-0.3, -0.25) is 4.79 Å². The van der Waals surface area contributed by atoms with Crippen molar-refractivity contribution in [1.82, 2.24) is 9.55 Å². The number of nitrogens with zero attached hydrogens (tertiary/aromatic N) is 3. The number of para-hydroxylation sites is 3. The van der Waals surface area contributed by atoms with Crippen molar-refractivity contribution in [1.29, 1.82) is 0 Å². The predicted molar refractivity (Wildman–Crippen MR) is 106 cm³/mol. The van der Waals surface area contributed by atoms with E-state index in [1.165, 1.54) is 0 Å². The molecule has 2 heterocycles. The summed E-state index contributed by atoms with van der Waals surface area (Å²) in [5.74, 6) is 1.06. The second kappa shape index (κ2) is 6.61. The van der Waals surface area contributed by atoms with Crippen LogP contribution in [0, 0.1) is 0 Å². The largest absolute Gasteiger partial charge is 0.324 e. The number of hydrogen-bond acceptors (Lipinski definition) is 2. The molecule has 0 saturated carbocycles. The highest BCUT2D eigenvalue weighted by Gasteiger charge is 2.35. The molecule has 4 rings (SSSR count). The number of carbonyl (C=O) groups excluding carboxylic acids is 1. The topological polar surface area (TPSA) is 38.1 Å². The maximum Gasteiger partial charge on any atom is 0.227 e. The van der Waals surface area contributed by atoms with E-state index in [-0.39, 0.29) is 11.8 Å². The van der Waals surface area contributed by atoms with Gasteiger partial charge < -0.3 is 9.47 Å². The Labute approximate surface area is 157 Å². The molecule has 1 amide bonds. The highest BCUT2D eigenvalue weighted by molar-refractivity contribution is 6.33. The van der Waals surface area contributed by atoms with Gasteiger partial charge in [0.2, 0.25) is 5.91 Å². The summed E-state index contributed by atoms with van der Waals surface area (Å²) >= 11 is 6.30. The smallest absolute Gasteiger partial charge is 0.227 e. The van der Waals surface area contributed by atoms with Crippen LogP contribution in [0.1, 0.15) is 25.1 Å². The summed E-state index contributed by atoms with van der Waals surface area (Å²) in [5.41, 5.74) is 3.85. The molecule has 0 radical (unpaired) electrons. The molecule has 1 aromatic heterocycles. The van der Waals surface area contributed by atoms with Crippen molar-refractivity contribution in [3.63, 3.8) is 0 Å². The molecular formula is C21H20ClN3O. The molecule has 1 atom stereocenters. The summed E-state index contributed by atoms with van der Waals surface area (Å²) in [7, 11) is 0. The minimum Gasteiger partial charge on any atom is -0.324 e. The van der Waals surface area contributed by atoms with Crippen molar-refractivity contribution in [2.75, 3.05) is 11.4 Å². The van der Waals surface area contributed by atoms with Crippen LogP contribution in [0.5, 0.6) is 0 Å². The van der Waals surface area contributed by atoms with Crippen LogP contribution in [0.4, 0.5) is 5.69 Å². The highest BCUT2D eigenvalue weighted by atomic mass is 35.5. The number of amides is 1. The van der Waals surface area contributed by atoms with E-state index in [0.717, 1.165) is 28.1 Å². The van der Waals surface area contributed by atoms with Crippen LogP contribution < -0.4 is 4.90 Å². The average Bonchev–Trinajstić information content (AvgIpc) is 3.16. The Morgan fingerprint density at radius 2 is 1.96 bits per heavy atom. The summed E-state index contributed by atoms with van der Waals surface area (Å²) in [5, 5.41) is 0.594. The van der Waals surface area contributed by atoms with Crippen molar-refractivity contribution < 1.29 is 4.79 Å². The van der Waals surface area contributed by atoms with Gasteiger partial charge in [0.05, 0.1) is 21.7 Å². The fraction of sp³-hybridized carbons (Fsp3) is 0.238. The van der Waals surface area contributed by atoms with E-state index in [4.69, 9.17) is 16.6 Å². The molecule has 3 aromatic rings. The van der Waals surface area contributed by atoms with Gasteiger partial charge in [-0.1, -0.05) is 48.0 Å². The van der Waals surface area contributed by atoms with Crippen LogP contribution >= 0.6 is 11.6 Å². The zero-order valence-electron chi connectivity index (χ0n) is 14.7. The number of fused-ring (bicyclic) bond motifs is 1. The van der Waals surface area contributed by atoms with Gasteiger partial charge in [0, 0.05) is 25.4 Å². The number of allylic oxidation sites excluding steroid dienone is 1. The number of carbonyl (C=O) groups is 1. The summed E-state index contributed by atoms with van der Waals surface area (Å²) in [6, 6.07) is 15.5. The molecule has 26 heavy (non-hydrogen) atoms. The first-order chi connectivity index (χ1) is 12.5. The lowest BCUT2D eigenvalue weighted by Crippen LogP contribution is -2.24. The molecule has 4 nitrogen and oxygen atoms in total. The molecule has 0 N–H and O–H groups in total. The summed E-state index contributed by atoms with van der Waals surface area (Å²) in [6.45, 7) is 7.34. The lowest BCUT2D eigenvalue weighted by molar-refractivity contribution is -0.117. The third-order valence-electron chi connectivity index (χ3n) is 4.75. The monoisotopic (exact) mass is 365 g/mol. The summed E-state index contributed by atoms with van der Waals surface area (Å²) < 4.78 is 2.19. The van der Waals surface area contributed by atoms with Crippen LogP contribution in [0.2, 0.25) is 5.02 Å². The van der Waals surface area contributed by atoms with Crippen LogP contribution in [-0.4, -0.2) is 22.0 Å². The Bertz CT molecular complexity index is 1010. The Morgan fingerprint density at radius 3 is 2.73 bits per heavy atom. The molecule has 1 fully saturated rings. The number of aromatic nitrogens is 2. The SMILES string of the molecule is C=C(C)Cn1c(C2CC(=O)N(c3ccccc3Cl)C2)nc2ccccc21. The van der Waals surface area contributed by atoms with Crippen LogP contribution in [-0.2, 0) is 11.3 Å². The molecule has 132 valence electrons. The van der Waals surface area contributed by atoms with Crippen LogP contribution in [0.25, 0.3) is 11.0 Å². The number of benzene rings is 2. The van der Waals surface area contributed by atoms with E-state index in [2.05, 4.69) is 17.2 Å². The molecule has 1 aliphatic rings. The van der Waals surface area contributed by atoms with Gasteiger partial charge in [-0.2, -0.15) is 0 Å². The first-order valence-corrected chi connectivity index (χ1v) is 9.07. The lowest BCUT2D eigenvalue weighted by Gasteiger charge is -2.18. The predicted octanol–water partition coefficient (Wildman–Crippen LogP) is 4.79. The van der Waals surface area contributed by atoms with Gasteiger partial charge in [0.25, 0.3) is 0 Å². The number of rotatable bonds is 4.